The van der Waals surface area contributed by atoms with E-state index in [1.54, 1.807) is 42.5 Å². The average Bonchev–Trinajstić information content (AvgIpc) is 2.91. The summed E-state index contributed by atoms with van der Waals surface area (Å²) in [5.74, 6) is -4.01. The first-order valence-corrected chi connectivity index (χ1v) is 12.5. The Labute approximate surface area is 225 Å². The Balaban J connectivity index is 0.000000673. The molecule has 1 amide bonds. The molecular formula is C27H34F3N3O6. The van der Waals surface area contributed by atoms with Gasteiger partial charge in [-0.3, -0.25) is 4.79 Å². The van der Waals surface area contributed by atoms with Crippen LogP contribution >= 0.6 is 0 Å². The molecule has 0 saturated carbocycles. The number of anilines is 2. The van der Waals surface area contributed by atoms with Gasteiger partial charge < -0.3 is 30.1 Å². The van der Waals surface area contributed by atoms with Gasteiger partial charge in [-0.05, 0) is 63.6 Å². The van der Waals surface area contributed by atoms with Crippen molar-refractivity contribution in [2.45, 2.75) is 38.4 Å². The van der Waals surface area contributed by atoms with Crippen LogP contribution in [0.4, 0.5) is 24.5 Å². The van der Waals surface area contributed by atoms with Crippen LogP contribution in [0.15, 0.2) is 48.5 Å². The normalized spacial score (nSPS) is 13.9. The molecule has 9 nitrogen and oxygen atoms in total. The number of carboxylic acid groups (broad SMARTS) is 2. The quantitative estimate of drug-likeness (QED) is 0.366. The monoisotopic (exact) mass is 553 g/mol. The number of nitrogens with zero attached hydrogens (tertiary/aromatic N) is 2. The molecule has 3 rings (SSSR count). The molecule has 2 aromatic rings. The van der Waals surface area contributed by atoms with Gasteiger partial charge in [0.05, 0.1) is 11.3 Å². The zero-order valence-corrected chi connectivity index (χ0v) is 21.9. The maximum Gasteiger partial charge on any atom is 0.490 e. The van der Waals surface area contributed by atoms with Gasteiger partial charge in [0.15, 0.2) is 0 Å². The van der Waals surface area contributed by atoms with Gasteiger partial charge >= 0.3 is 18.1 Å². The molecule has 0 aromatic heterocycles. The molecule has 0 unspecified atom stereocenters. The molecule has 39 heavy (non-hydrogen) atoms. The first kappa shape index (κ1) is 31.6. The lowest BCUT2D eigenvalue weighted by atomic mass is 10.0. The standard InChI is InChI=1S/C25H33N3O4.C2HF3O2/c1-3-32-17-7-14-27(2)21-12-15-28(16-13-21)23-11-10-20(18-22(23)25(30)31)26-24(29)19-8-5-4-6-9-19;3-2(4,5)1(6)7/h4-6,8-11,18,21H,3,7,12-17H2,1-2H3,(H,26,29)(H,30,31);(H,6,7). The summed E-state index contributed by atoms with van der Waals surface area (Å²) >= 11 is 0. The smallest absolute Gasteiger partial charge is 0.478 e. The Morgan fingerprint density at radius 2 is 1.69 bits per heavy atom. The Kier molecular flexibility index (Phi) is 12.2. The van der Waals surface area contributed by atoms with Crippen molar-refractivity contribution in [2.75, 3.05) is 50.1 Å². The predicted octanol–water partition coefficient (Wildman–Crippen LogP) is 4.60. The van der Waals surface area contributed by atoms with Crippen LogP contribution in [0, 0.1) is 0 Å². The second kappa shape index (κ2) is 15.1. The minimum absolute atomic E-state index is 0.208. The molecular weight excluding hydrogens is 519 g/mol. The number of alkyl halides is 3. The van der Waals surface area contributed by atoms with Crippen LogP contribution in [-0.4, -0.2) is 85.1 Å². The fourth-order valence-electron chi connectivity index (χ4n) is 4.14. The molecule has 2 aromatic carbocycles. The molecule has 214 valence electrons. The fourth-order valence-corrected chi connectivity index (χ4v) is 4.14. The molecule has 1 saturated heterocycles. The summed E-state index contributed by atoms with van der Waals surface area (Å²) in [7, 11) is 2.15. The number of carbonyl (C=O) groups is 3. The van der Waals surface area contributed by atoms with Crippen molar-refractivity contribution in [3.05, 3.63) is 59.7 Å². The summed E-state index contributed by atoms with van der Waals surface area (Å²) in [5.41, 5.74) is 1.91. The molecule has 0 radical (unpaired) electrons. The summed E-state index contributed by atoms with van der Waals surface area (Å²) in [4.78, 5) is 37.8. The molecule has 0 spiro atoms. The Hall–Kier alpha value is -3.64. The minimum Gasteiger partial charge on any atom is -0.478 e. The predicted molar refractivity (Wildman–Crippen MR) is 140 cm³/mol. The van der Waals surface area contributed by atoms with Crippen LogP contribution in [-0.2, 0) is 9.53 Å². The summed E-state index contributed by atoms with van der Waals surface area (Å²) in [6, 6.07) is 14.5. The largest absolute Gasteiger partial charge is 0.490 e. The molecule has 1 aliphatic rings. The van der Waals surface area contributed by atoms with E-state index in [-0.39, 0.29) is 11.5 Å². The van der Waals surface area contributed by atoms with Crippen LogP contribution < -0.4 is 10.2 Å². The number of benzene rings is 2. The van der Waals surface area contributed by atoms with Gasteiger partial charge in [-0.25, -0.2) is 9.59 Å². The van der Waals surface area contributed by atoms with E-state index < -0.39 is 18.1 Å². The SMILES string of the molecule is CCOCCCN(C)C1CCN(c2ccc(NC(=O)c3ccccc3)cc2C(=O)O)CC1.O=C(O)C(F)(F)F. The van der Waals surface area contributed by atoms with Crippen LogP contribution in [0.1, 0.15) is 46.9 Å². The number of aromatic carboxylic acids is 1. The van der Waals surface area contributed by atoms with Crippen molar-refractivity contribution in [3.63, 3.8) is 0 Å². The Bertz CT molecular complexity index is 1090. The van der Waals surface area contributed by atoms with Gasteiger partial charge in [-0.1, -0.05) is 18.2 Å². The minimum atomic E-state index is -5.08. The van der Waals surface area contributed by atoms with E-state index >= 15 is 0 Å². The van der Waals surface area contributed by atoms with Crippen molar-refractivity contribution in [3.8, 4) is 0 Å². The number of aliphatic carboxylic acids is 1. The van der Waals surface area contributed by atoms with Gasteiger partial charge in [-0.2, -0.15) is 13.2 Å². The van der Waals surface area contributed by atoms with E-state index in [0.717, 1.165) is 52.1 Å². The second-order valence-electron chi connectivity index (χ2n) is 8.91. The van der Waals surface area contributed by atoms with Crippen molar-refractivity contribution < 1.29 is 42.5 Å². The second-order valence-corrected chi connectivity index (χ2v) is 8.91. The number of nitrogens with one attached hydrogen (secondary N) is 1. The van der Waals surface area contributed by atoms with Gasteiger partial charge in [0.2, 0.25) is 0 Å². The van der Waals surface area contributed by atoms with Crippen molar-refractivity contribution in [1.29, 1.82) is 0 Å². The van der Waals surface area contributed by atoms with Crippen molar-refractivity contribution >= 4 is 29.2 Å². The molecule has 0 aliphatic carbocycles. The maximum absolute atomic E-state index is 12.4. The zero-order valence-electron chi connectivity index (χ0n) is 21.9. The number of amides is 1. The lowest BCUT2D eigenvalue weighted by molar-refractivity contribution is -0.192. The summed E-state index contributed by atoms with van der Waals surface area (Å²) in [6.07, 6.45) is -2.10. The van der Waals surface area contributed by atoms with Crippen LogP contribution in [0.25, 0.3) is 0 Å². The van der Waals surface area contributed by atoms with Crippen LogP contribution in [0.2, 0.25) is 0 Å². The van der Waals surface area contributed by atoms with Crippen LogP contribution in [0.5, 0.6) is 0 Å². The molecule has 1 heterocycles. The van der Waals surface area contributed by atoms with E-state index in [9.17, 15) is 27.9 Å². The van der Waals surface area contributed by atoms with E-state index in [1.807, 2.05) is 13.0 Å². The Morgan fingerprint density at radius 1 is 1.08 bits per heavy atom. The third-order valence-electron chi connectivity index (χ3n) is 6.20. The lowest BCUT2D eigenvalue weighted by Gasteiger charge is -2.38. The van der Waals surface area contributed by atoms with E-state index in [2.05, 4.69) is 22.2 Å². The first-order valence-electron chi connectivity index (χ1n) is 12.5. The van der Waals surface area contributed by atoms with Gasteiger partial charge in [-0.15, -0.1) is 0 Å². The maximum atomic E-state index is 12.4. The highest BCUT2D eigenvalue weighted by Crippen LogP contribution is 2.28. The molecule has 0 bridgehead atoms. The average molecular weight is 554 g/mol. The number of rotatable bonds is 10. The third kappa shape index (κ3) is 10.2. The number of halogens is 3. The molecule has 0 atom stereocenters. The number of piperidine rings is 1. The summed E-state index contributed by atoms with van der Waals surface area (Å²) in [5, 5.41) is 19.7. The summed E-state index contributed by atoms with van der Waals surface area (Å²) in [6.45, 7) is 6.15. The lowest BCUT2D eigenvalue weighted by Crippen LogP contribution is -2.44. The topological polar surface area (TPSA) is 119 Å². The zero-order chi connectivity index (χ0) is 29.0. The van der Waals surface area contributed by atoms with E-state index in [0.29, 0.717) is 23.0 Å². The van der Waals surface area contributed by atoms with Crippen LogP contribution in [0.3, 0.4) is 0 Å². The highest BCUT2D eigenvalue weighted by Gasteiger charge is 2.38. The van der Waals surface area contributed by atoms with E-state index in [1.165, 1.54) is 0 Å². The molecule has 1 aliphatic heterocycles. The van der Waals surface area contributed by atoms with Crippen molar-refractivity contribution in [1.82, 2.24) is 4.90 Å². The van der Waals surface area contributed by atoms with Crippen molar-refractivity contribution in [2.24, 2.45) is 0 Å². The van der Waals surface area contributed by atoms with Gasteiger partial charge in [0.1, 0.15) is 0 Å². The first-order chi connectivity index (χ1) is 18.4. The fraction of sp³-hybridized carbons (Fsp3) is 0.444. The molecule has 12 heteroatoms. The number of hydrogen-bond donors (Lipinski definition) is 3. The summed E-state index contributed by atoms with van der Waals surface area (Å²) < 4.78 is 37.2. The highest BCUT2D eigenvalue weighted by atomic mass is 19.4. The number of carboxylic acids is 2. The highest BCUT2D eigenvalue weighted by molar-refractivity contribution is 6.05. The third-order valence-corrected chi connectivity index (χ3v) is 6.20. The molecule has 1 fully saturated rings. The number of ether oxygens (including phenoxy) is 1. The Morgan fingerprint density at radius 3 is 2.23 bits per heavy atom. The molecule has 3 N–H and O–H groups in total. The number of hydrogen-bond acceptors (Lipinski definition) is 6. The van der Waals surface area contributed by atoms with Gasteiger partial charge in [0.25, 0.3) is 5.91 Å². The van der Waals surface area contributed by atoms with E-state index in [4.69, 9.17) is 14.6 Å². The number of carbonyl (C=O) groups excluding carboxylic acids is 1. The van der Waals surface area contributed by atoms with Gasteiger partial charge in [0, 0.05) is 50.1 Å².